The number of hydrogen-bond donors (Lipinski definition) is 1. The summed E-state index contributed by atoms with van der Waals surface area (Å²) >= 11 is 0. The molecule has 6 nitrogen and oxygen atoms in total. The molecule has 28 heavy (non-hydrogen) atoms. The molecule has 1 aliphatic heterocycles. The van der Waals surface area contributed by atoms with Crippen LogP contribution >= 0.6 is 0 Å². The van der Waals surface area contributed by atoms with Gasteiger partial charge in [0.15, 0.2) is 5.82 Å². The number of amides is 1. The smallest absolute Gasteiger partial charge is 0.248 e. The molecule has 0 unspecified atom stereocenters. The Morgan fingerprint density at radius 1 is 1.14 bits per heavy atom. The molecule has 6 heteroatoms. The topological polar surface area (TPSA) is 83.0 Å². The Balaban J connectivity index is 1.59. The van der Waals surface area contributed by atoms with Crippen LogP contribution in [0.1, 0.15) is 41.0 Å². The Hall–Kier alpha value is -2.99. The van der Waals surface area contributed by atoms with Crippen LogP contribution < -0.4 is 5.73 Å². The van der Waals surface area contributed by atoms with Crippen molar-refractivity contribution in [1.29, 1.82) is 0 Å². The molecule has 1 saturated heterocycles. The minimum Gasteiger partial charge on any atom is -0.378 e. The second-order valence-electron chi connectivity index (χ2n) is 7.11. The number of nitrogens with zero attached hydrogens (tertiary/aromatic N) is 3. The Morgan fingerprint density at radius 3 is 2.61 bits per heavy atom. The van der Waals surface area contributed by atoms with Crippen LogP contribution in [0.5, 0.6) is 0 Å². The summed E-state index contributed by atoms with van der Waals surface area (Å²) in [6.07, 6.45) is 4.35. The van der Waals surface area contributed by atoms with Crippen molar-refractivity contribution < 1.29 is 9.53 Å². The number of hydrogen-bond acceptors (Lipinski definition) is 4. The van der Waals surface area contributed by atoms with Crippen LogP contribution in [0.15, 0.2) is 54.6 Å². The summed E-state index contributed by atoms with van der Waals surface area (Å²) in [6.45, 7) is 1.53. The van der Waals surface area contributed by atoms with E-state index >= 15 is 0 Å². The van der Waals surface area contributed by atoms with Gasteiger partial charge in [0.2, 0.25) is 5.91 Å². The van der Waals surface area contributed by atoms with Crippen molar-refractivity contribution >= 4 is 5.91 Å². The first-order valence-corrected chi connectivity index (χ1v) is 9.68. The van der Waals surface area contributed by atoms with Crippen molar-refractivity contribution in [3.05, 3.63) is 71.5 Å². The maximum Gasteiger partial charge on any atom is 0.248 e. The van der Waals surface area contributed by atoms with Crippen LogP contribution in [0.25, 0.3) is 11.4 Å². The van der Waals surface area contributed by atoms with Gasteiger partial charge in [-0.1, -0.05) is 42.5 Å². The molecule has 1 atom stereocenters. The fraction of sp³-hybridized carbons (Fsp3) is 0.318. The van der Waals surface area contributed by atoms with Gasteiger partial charge in [-0.05, 0) is 37.0 Å². The van der Waals surface area contributed by atoms with Crippen LogP contribution in [0.4, 0.5) is 0 Å². The lowest BCUT2D eigenvalue weighted by Gasteiger charge is -2.09. The molecule has 1 amide bonds. The molecule has 144 valence electrons. The van der Waals surface area contributed by atoms with E-state index in [1.807, 2.05) is 35.0 Å². The fourth-order valence-corrected chi connectivity index (χ4v) is 3.51. The van der Waals surface area contributed by atoms with Crippen molar-refractivity contribution in [3.8, 4) is 11.4 Å². The highest BCUT2D eigenvalue weighted by Gasteiger charge is 2.18. The summed E-state index contributed by atoms with van der Waals surface area (Å²) in [6, 6.07) is 17.3. The van der Waals surface area contributed by atoms with Gasteiger partial charge >= 0.3 is 0 Å². The Labute approximate surface area is 164 Å². The van der Waals surface area contributed by atoms with Gasteiger partial charge in [0, 0.05) is 24.2 Å². The van der Waals surface area contributed by atoms with Gasteiger partial charge in [-0.25, -0.2) is 9.67 Å². The number of aromatic nitrogens is 3. The van der Waals surface area contributed by atoms with Crippen molar-refractivity contribution in [2.75, 3.05) is 6.61 Å². The zero-order valence-corrected chi connectivity index (χ0v) is 15.8. The Bertz CT molecular complexity index is 929. The normalized spacial score (nSPS) is 16.4. The second-order valence-corrected chi connectivity index (χ2v) is 7.11. The van der Waals surface area contributed by atoms with E-state index in [9.17, 15) is 4.79 Å². The standard InChI is InChI=1S/C22H24N4O2/c23-21(27)17-8-10-18(11-9-17)22-24-20(13-12-19-7-4-14-28-19)26(25-22)15-16-5-2-1-3-6-16/h1-3,5-6,8-11,19H,4,7,12-15H2,(H2,23,27)/t19-/m0/s1. The van der Waals surface area contributed by atoms with Gasteiger partial charge in [-0.2, -0.15) is 5.10 Å². The van der Waals surface area contributed by atoms with E-state index in [2.05, 4.69) is 12.1 Å². The molecule has 1 aromatic heterocycles. The molecular weight excluding hydrogens is 352 g/mol. The van der Waals surface area contributed by atoms with E-state index < -0.39 is 5.91 Å². The van der Waals surface area contributed by atoms with E-state index in [0.29, 0.717) is 24.0 Å². The fourth-order valence-electron chi connectivity index (χ4n) is 3.51. The summed E-state index contributed by atoms with van der Waals surface area (Å²) in [7, 11) is 0. The monoisotopic (exact) mass is 376 g/mol. The number of ether oxygens (including phenoxy) is 1. The third-order valence-corrected chi connectivity index (χ3v) is 5.07. The molecule has 4 rings (SSSR count). The van der Waals surface area contributed by atoms with Crippen molar-refractivity contribution in [3.63, 3.8) is 0 Å². The van der Waals surface area contributed by atoms with Crippen molar-refractivity contribution in [2.45, 2.75) is 38.3 Å². The number of carbonyl (C=O) groups excluding carboxylic acids is 1. The molecule has 3 aromatic rings. The molecule has 2 aromatic carbocycles. The highest BCUT2D eigenvalue weighted by molar-refractivity contribution is 5.93. The highest BCUT2D eigenvalue weighted by Crippen LogP contribution is 2.21. The highest BCUT2D eigenvalue weighted by atomic mass is 16.5. The zero-order chi connectivity index (χ0) is 19.3. The Morgan fingerprint density at radius 2 is 1.93 bits per heavy atom. The molecule has 2 N–H and O–H groups in total. The number of benzene rings is 2. The van der Waals surface area contributed by atoms with Crippen molar-refractivity contribution in [2.24, 2.45) is 5.73 Å². The predicted molar refractivity (Wildman–Crippen MR) is 107 cm³/mol. The SMILES string of the molecule is NC(=O)c1ccc(-c2nc(CC[C@@H]3CCCO3)n(Cc3ccccc3)n2)cc1. The van der Waals surface area contributed by atoms with Crippen LogP contribution in [-0.2, 0) is 17.7 Å². The van der Waals surface area contributed by atoms with Gasteiger partial charge in [0.1, 0.15) is 5.82 Å². The lowest BCUT2D eigenvalue weighted by Crippen LogP contribution is -2.11. The van der Waals surface area contributed by atoms with Crippen LogP contribution in [0.3, 0.4) is 0 Å². The van der Waals surface area contributed by atoms with Gasteiger partial charge in [-0.15, -0.1) is 0 Å². The minimum atomic E-state index is -0.439. The van der Waals surface area contributed by atoms with Gasteiger partial charge < -0.3 is 10.5 Å². The molecule has 1 aliphatic rings. The first kappa shape index (κ1) is 18.4. The van der Waals surface area contributed by atoms with Gasteiger partial charge in [-0.3, -0.25) is 4.79 Å². The molecule has 0 bridgehead atoms. The summed E-state index contributed by atoms with van der Waals surface area (Å²) in [5.41, 5.74) is 7.86. The quantitative estimate of drug-likeness (QED) is 0.686. The van der Waals surface area contributed by atoms with E-state index in [-0.39, 0.29) is 0 Å². The number of carbonyl (C=O) groups is 1. The minimum absolute atomic E-state index is 0.320. The average Bonchev–Trinajstić information content (AvgIpc) is 3.37. The number of rotatable bonds is 7. The van der Waals surface area contributed by atoms with E-state index in [4.69, 9.17) is 20.6 Å². The van der Waals surface area contributed by atoms with Crippen molar-refractivity contribution in [1.82, 2.24) is 14.8 Å². The van der Waals surface area contributed by atoms with E-state index in [0.717, 1.165) is 43.7 Å². The molecule has 0 saturated carbocycles. The second kappa shape index (κ2) is 8.35. The summed E-state index contributed by atoms with van der Waals surface area (Å²) < 4.78 is 7.73. The number of aryl methyl sites for hydroxylation is 1. The maximum atomic E-state index is 11.3. The average molecular weight is 376 g/mol. The number of nitrogens with two attached hydrogens (primary N) is 1. The van der Waals surface area contributed by atoms with Gasteiger partial charge in [0.25, 0.3) is 0 Å². The molecule has 0 radical (unpaired) electrons. The van der Waals surface area contributed by atoms with Crippen LogP contribution in [-0.4, -0.2) is 33.4 Å². The first-order chi connectivity index (χ1) is 13.7. The van der Waals surface area contributed by atoms with Crippen LogP contribution in [0.2, 0.25) is 0 Å². The third kappa shape index (κ3) is 4.28. The molecule has 2 heterocycles. The Kier molecular flexibility index (Phi) is 5.48. The lowest BCUT2D eigenvalue weighted by atomic mass is 10.1. The molecule has 0 aliphatic carbocycles. The molecule has 1 fully saturated rings. The summed E-state index contributed by atoms with van der Waals surface area (Å²) in [5, 5.41) is 4.74. The van der Waals surface area contributed by atoms with E-state index in [1.54, 1.807) is 12.1 Å². The number of primary amides is 1. The van der Waals surface area contributed by atoms with Crippen LogP contribution in [0, 0.1) is 0 Å². The third-order valence-electron chi connectivity index (χ3n) is 5.07. The maximum absolute atomic E-state index is 11.3. The first-order valence-electron chi connectivity index (χ1n) is 9.68. The predicted octanol–water partition coefficient (Wildman–Crippen LogP) is 3.20. The van der Waals surface area contributed by atoms with Gasteiger partial charge in [0.05, 0.1) is 12.6 Å². The molecular formula is C22H24N4O2. The summed E-state index contributed by atoms with van der Waals surface area (Å²) in [5.74, 6) is 1.17. The largest absolute Gasteiger partial charge is 0.378 e. The lowest BCUT2D eigenvalue weighted by molar-refractivity contribution is 0.1000. The zero-order valence-electron chi connectivity index (χ0n) is 15.8. The summed E-state index contributed by atoms with van der Waals surface area (Å²) in [4.78, 5) is 16.1. The molecule has 0 spiro atoms. The van der Waals surface area contributed by atoms with E-state index in [1.165, 1.54) is 5.56 Å².